The fourth-order valence-corrected chi connectivity index (χ4v) is 2.06. The van der Waals surface area contributed by atoms with E-state index in [1.807, 2.05) is 42.6 Å². The van der Waals surface area contributed by atoms with Crippen molar-refractivity contribution in [2.75, 3.05) is 32.8 Å². The normalized spacial score (nSPS) is 11.3. The number of ether oxygens (including phenoxy) is 1. The van der Waals surface area contributed by atoms with Gasteiger partial charge in [-0.3, -0.25) is 9.39 Å². The summed E-state index contributed by atoms with van der Waals surface area (Å²) in [7, 11) is 0. The summed E-state index contributed by atoms with van der Waals surface area (Å²) >= 11 is 0. The van der Waals surface area contributed by atoms with E-state index in [1.54, 1.807) is 0 Å². The minimum absolute atomic E-state index is 0. The van der Waals surface area contributed by atoms with Crippen molar-refractivity contribution >= 4 is 35.6 Å². The van der Waals surface area contributed by atoms with Gasteiger partial charge in [0.2, 0.25) is 0 Å². The molecule has 8 heteroatoms. The van der Waals surface area contributed by atoms with E-state index in [0.717, 1.165) is 43.5 Å². The molecule has 23 heavy (non-hydrogen) atoms. The van der Waals surface area contributed by atoms with Crippen LogP contribution in [-0.2, 0) is 11.2 Å². The summed E-state index contributed by atoms with van der Waals surface area (Å²) in [6.07, 6.45) is 2.76. The van der Waals surface area contributed by atoms with Crippen LogP contribution in [0.25, 0.3) is 5.65 Å². The van der Waals surface area contributed by atoms with Crippen molar-refractivity contribution in [1.82, 2.24) is 25.2 Å². The van der Waals surface area contributed by atoms with Gasteiger partial charge >= 0.3 is 0 Å². The second-order valence-electron chi connectivity index (χ2n) is 4.68. The Balaban J connectivity index is 0.00000264. The Hall–Kier alpha value is -1.42. The van der Waals surface area contributed by atoms with Gasteiger partial charge in [-0.25, -0.2) is 0 Å². The monoisotopic (exact) mass is 432 g/mol. The fourth-order valence-electron chi connectivity index (χ4n) is 2.06. The largest absolute Gasteiger partial charge is 0.380 e. The molecule has 0 spiro atoms. The molecule has 0 aliphatic heterocycles. The lowest BCUT2D eigenvalue weighted by molar-refractivity contribution is 0.155. The Bertz CT molecular complexity index is 600. The first-order valence-electron chi connectivity index (χ1n) is 7.73. The summed E-state index contributed by atoms with van der Waals surface area (Å²) in [5, 5.41) is 14.9. The molecule has 2 aromatic heterocycles. The highest BCUT2D eigenvalue weighted by Gasteiger charge is 2.04. The molecule has 2 rings (SSSR count). The van der Waals surface area contributed by atoms with Gasteiger partial charge in [-0.15, -0.1) is 34.2 Å². The Morgan fingerprint density at radius 2 is 2.13 bits per heavy atom. The average Bonchev–Trinajstić information content (AvgIpc) is 2.95. The average molecular weight is 432 g/mol. The maximum atomic E-state index is 5.29. The van der Waals surface area contributed by atoms with E-state index in [4.69, 9.17) is 4.74 Å². The molecule has 0 amide bonds. The Labute approximate surface area is 153 Å². The van der Waals surface area contributed by atoms with Gasteiger partial charge in [-0.1, -0.05) is 6.07 Å². The lowest BCUT2D eigenvalue weighted by atomic mass is 10.4. The Kier molecular flexibility index (Phi) is 9.53. The molecular formula is C15H25IN6O. The lowest BCUT2D eigenvalue weighted by Gasteiger charge is -2.10. The van der Waals surface area contributed by atoms with Gasteiger partial charge < -0.3 is 15.4 Å². The molecule has 2 heterocycles. The number of rotatable bonds is 8. The van der Waals surface area contributed by atoms with Crippen molar-refractivity contribution < 1.29 is 4.74 Å². The molecule has 0 atom stereocenters. The number of aliphatic imine (C=N–C) groups is 1. The summed E-state index contributed by atoms with van der Waals surface area (Å²) in [6, 6.07) is 5.88. The number of nitrogens with one attached hydrogen (secondary N) is 2. The van der Waals surface area contributed by atoms with E-state index in [0.29, 0.717) is 13.2 Å². The molecule has 0 unspecified atom stereocenters. The predicted molar refractivity (Wildman–Crippen MR) is 103 cm³/mol. The zero-order valence-corrected chi connectivity index (χ0v) is 16.0. The van der Waals surface area contributed by atoms with Crippen LogP contribution in [0.15, 0.2) is 29.4 Å². The highest BCUT2D eigenvalue weighted by molar-refractivity contribution is 14.0. The van der Waals surface area contributed by atoms with Crippen LogP contribution < -0.4 is 10.6 Å². The van der Waals surface area contributed by atoms with Gasteiger partial charge in [0, 0.05) is 32.3 Å². The smallest absolute Gasteiger partial charge is 0.191 e. The number of hydrogen-bond donors (Lipinski definition) is 2. The summed E-state index contributed by atoms with van der Waals surface area (Å²) < 4.78 is 7.29. The summed E-state index contributed by atoms with van der Waals surface area (Å²) in [4.78, 5) is 4.46. The first-order valence-corrected chi connectivity index (χ1v) is 7.73. The Morgan fingerprint density at radius 3 is 2.91 bits per heavy atom. The molecule has 128 valence electrons. The van der Waals surface area contributed by atoms with E-state index in [2.05, 4.69) is 25.8 Å². The van der Waals surface area contributed by atoms with E-state index in [-0.39, 0.29) is 24.0 Å². The molecule has 0 fully saturated rings. The first-order chi connectivity index (χ1) is 10.8. The minimum atomic E-state index is 0. The van der Waals surface area contributed by atoms with Gasteiger partial charge in [-0.2, -0.15) is 0 Å². The third-order valence-electron chi connectivity index (χ3n) is 3.08. The highest BCUT2D eigenvalue weighted by Crippen LogP contribution is 2.02. The molecule has 0 aromatic carbocycles. The zero-order chi connectivity index (χ0) is 15.6. The standard InChI is InChI=1S/C15H24N6O.HI/c1-3-16-15(18-10-12-22-4-2)17-9-8-14-20-19-13-7-5-6-11-21(13)14;/h5-7,11H,3-4,8-10,12H2,1-2H3,(H2,16,17,18);1H. The van der Waals surface area contributed by atoms with E-state index >= 15 is 0 Å². The van der Waals surface area contributed by atoms with Crippen molar-refractivity contribution in [2.45, 2.75) is 20.3 Å². The number of nitrogens with zero attached hydrogens (tertiary/aromatic N) is 4. The summed E-state index contributed by atoms with van der Waals surface area (Å²) in [6.45, 7) is 7.62. The molecule has 7 nitrogen and oxygen atoms in total. The van der Waals surface area contributed by atoms with Gasteiger partial charge in [0.05, 0.1) is 13.2 Å². The maximum absolute atomic E-state index is 5.29. The highest BCUT2D eigenvalue weighted by atomic mass is 127. The van der Waals surface area contributed by atoms with Crippen LogP contribution in [0.1, 0.15) is 19.7 Å². The molecule has 0 radical (unpaired) electrons. The summed E-state index contributed by atoms with van der Waals surface area (Å²) in [5.41, 5.74) is 0.870. The lowest BCUT2D eigenvalue weighted by Crippen LogP contribution is -2.38. The zero-order valence-electron chi connectivity index (χ0n) is 13.7. The molecule has 2 N–H and O–H groups in total. The molecule has 0 aliphatic rings. The molecule has 0 bridgehead atoms. The van der Waals surface area contributed by atoms with Crippen molar-refractivity contribution in [3.63, 3.8) is 0 Å². The third-order valence-corrected chi connectivity index (χ3v) is 3.08. The van der Waals surface area contributed by atoms with Crippen molar-refractivity contribution in [3.8, 4) is 0 Å². The predicted octanol–water partition coefficient (Wildman–Crippen LogP) is 1.48. The molecular weight excluding hydrogens is 407 g/mol. The van der Waals surface area contributed by atoms with Crippen molar-refractivity contribution in [1.29, 1.82) is 0 Å². The van der Waals surface area contributed by atoms with Crippen LogP contribution in [0.2, 0.25) is 0 Å². The SMILES string of the molecule is CCNC(=NCCOCC)NCCc1nnc2ccccn12.I. The maximum Gasteiger partial charge on any atom is 0.191 e. The number of guanidine groups is 1. The van der Waals surface area contributed by atoms with Crippen LogP contribution in [0.4, 0.5) is 0 Å². The minimum Gasteiger partial charge on any atom is -0.380 e. The van der Waals surface area contributed by atoms with Crippen LogP contribution in [-0.4, -0.2) is 53.4 Å². The molecule has 2 aromatic rings. The van der Waals surface area contributed by atoms with E-state index in [9.17, 15) is 0 Å². The van der Waals surface area contributed by atoms with Gasteiger partial charge in [0.1, 0.15) is 5.82 Å². The topological polar surface area (TPSA) is 75.8 Å². The van der Waals surface area contributed by atoms with Gasteiger partial charge in [-0.05, 0) is 26.0 Å². The quantitative estimate of drug-likeness (QED) is 0.286. The second-order valence-corrected chi connectivity index (χ2v) is 4.68. The van der Waals surface area contributed by atoms with Gasteiger partial charge in [0.25, 0.3) is 0 Å². The van der Waals surface area contributed by atoms with Crippen molar-refractivity contribution in [3.05, 3.63) is 30.2 Å². The molecule has 0 saturated carbocycles. The molecule has 0 saturated heterocycles. The van der Waals surface area contributed by atoms with Crippen LogP contribution in [0, 0.1) is 0 Å². The van der Waals surface area contributed by atoms with Crippen LogP contribution in [0.3, 0.4) is 0 Å². The van der Waals surface area contributed by atoms with Crippen molar-refractivity contribution in [2.24, 2.45) is 4.99 Å². The number of aromatic nitrogens is 3. The fraction of sp³-hybridized carbons (Fsp3) is 0.533. The number of pyridine rings is 1. The second kappa shape index (κ2) is 11.2. The van der Waals surface area contributed by atoms with Crippen LogP contribution in [0.5, 0.6) is 0 Å². The third kappa shape index (κ3) is 6.30. The molecule has 0 aliphatic carbocycles. The van der Waals surface area contributed by atoms with Crippen LogP contribution >= 0.6 is 24.0 Å². The first kappa shape index (κ1) is 19.6. The number of halogens is 1. The number of fused-ring (bicyclic) bond motifs is 1. The van der Waals surface area contributed by atoms with E-state index < -0.39 is 0 Å². The van der Waals surface area contributed by atoms with E-state index in [1.165, 1.54) is 0 Å². The van der Waals surface area contributed by atoms with Gasteiger partial charge in [0.15, 0.2) is 11.6 Å². The Morgan fingerprint density at radius 1 is 1.26 bits per heavy atom. The summed E-state index contributed by atoms with van der Waals surface area (Å²) in [5.74, 6) is 1.74. The number of hydrogen-bond acceptors (Lipinski definition) is 4.